The number of hydrogen-bond acceptors (Lipinski definition) is 3. The minimum atomic E-state index is -5.15. The molecule has 2 rings (SSSR count). The Balaban J connectivity index is 2.40. The molecule has 0 spiro atoms. The molecule has 2 N–H and O–H groups in total. The zero-order valence-corrected chi connectivity index (χ0v) is 13.1. The molecule has 0 atom stereocenters. The van der Waals surface area contributed by atoms with Crippen molar-refractivity contribution in [2.75, 3.05) is 4.72 Å². The lowest BCUT2D eigenvalue weighted by Gasteiger charge is -2.13. The fourth-order valence-corrected chi connectivity index (χ4v) is 3.01. The lowest BCUT2D eigenvalue weighted by Crippen LogP contribution is -2.16. The highest BCUT2D eigenvalue weighted by molar-refractivity contribution is 7.92. The second-order valence-electron chi connectivity index (χ2n) is 4.97. The van der Waals surface area contributed by atoms with E-state index in [4.69, 9.17) is 0 Å². The maximum absolute atomic E-state index is 13.2. The van der Waals surface area contributed by atoms with Gasteiger partial charge in [0.05, 0.1) is 21.7 Å². The molecule has 26 heavy (non-hydrogen) atoms. The van der Waals surface area contributed by atoms with Crippen molar-refractivity contribution in [3.05, 3.63) is 53.3 Å². The Kier molecular flexibility index (Phi) is 4.83. The van der Waals surface area contributed by atoms with Crippen LogP contribution >= 0.6 is 0 Å². The molecule has 0 aliphatic rings. The van der Waals surface area contributed by atoms with Gasteiger partial charge in [-0.15, -0.1) is 0 Å². The number of halogens is 7. The molecule has 0 bridgehead atoms. The fraction of sp³-hybridized carbons (Fsp3) is 0.143. The summed E-state index contributed by atoms with van der Waals surface area (Å²) in [7, 11) is -4.69. The molecule has 4 nitrogen and oxygen atoms in total. The molecule has 0 aliphatic carbocycles. The Morgan fingerprint density at radius 3 is 1.92 bits per heavy atom. The summed E-state index contributed by atoms with van der Waals surface area (Å²) in [6.07, 6.45) is -10.0. The predicted molar refractivity (Wildman–Crippen MR) is 75.3 cm³/mol. The van der Waals surface area contributed by atoms with Crippen molar-refractivity contribution in [3.8, 4) is 5.75 Å². The van der Waals surface area contributed by atoms with Crippen LogP contribution in [0.4, 0.5) is 36.4 Å². The molecule has 0 heterocycles. The Morgan fingerprint density at radius 1 is 0.846 bits per heavy atom. The molecule has 0 radical (unpaired) electrons. The second kappa shape index (κ2) is 6.34. The highest BCUT2D eigenvalue weighted by Gasteiger charge is 2.36. The number of phenols is 1. The lowest BCUT2D eigenvalue weighted by atomic mass is 10.2. The highest BCUT2D eigenvalue weighted by atomic mass is 32.2. The summed E-state index contributed by atoms with van der Waals surface area (Å²) < 4.78 is 115. The molecule has 0 fully saturated rings. The SMILES string of the molecule is O=S(=O)(Nc1ccc(C(F)(F)F)c(O)c1)c1ccc(F)c(C(F)(F)F)c1. The van der Waals surface area contributed by atoms with E-state index in [-0.39, 0.29) is 6.07 Å². The van der Waals surface area contributed by atoms with Gasteiger partial charge in [0.2, 0.25) is 0 Å². The highest BCUT2D eigenvalue weighted by Crippen LogP contribution is 2.37. The number of sulfonamides is 1. The maximum Gasteiger partial charge on any atom is 0.419 e. The zero-order valence-electron chi connectivity index (χ0n) is 12.3. The van der Waals surface area contributed by atoms with Crippen LogP contribution in [-0.4, -0.2) is 13.5 Å². The predicted octanol–water partition coefficient (Wildman–Crippen LogP) is 4.37. The van der Waals surface area contributed by atoms with Gasteiger partial charge in [-0.25, -0.2) is 12.8 Å². The van der Waals surface area contributed by atoms with Gasteiger partial charge in [-0.1, -0.05) is 0 Å². The summed E-state index contributed by atoms with van der Waals surface area (Å²) in [5, 5.41) is 9.33. The van der Waals surface area contributed by atoms with E-state index in [0.717, 1.165) is 0 Å². The van der Waals surface area contributed by atoms with E-state index < -0.39 is 55.7 Å². The average molecular weight is 403 g/mol. The van der Waals surface area contributed by atoms with Gasteiger partial charge in [-0.2, -0.15) is 26.3 Å². The number of nitrogens with one attached hydrogen (secondary N) is 1. The van der Waals surface area contributed by atoms with E-state index in [2.05, 4.69) is 0 Å². The van der Waals surface area contributed by atoms with Crippen molar-refractivity contribution in [1.82, 2.24) is 0 Å². The standard InChI is InChI=1S/C14H8F7NO3S/c15-11-4-2-8(6-10(11)14(19,20)21)26(24,25)22-7-1-3-9(12(23)5-7)13(16,17)18/h1-6,22-23H. The summed E-state index contributed by atoms with van der Waals surface area (Å²) in [6.45, 7) is 0. The van der Waals surface area contributed by atoms with E-state index in [1.807, 2.05) is 0 Å². The van der Waals surface area contributed by atoms with Crippen molar-refractivity contribution < 1.29 is 44.3 Å². The summed E-state index contributed by atoms with van der Waals surface area (Å²) >= 11 is 0. The van der Waals surface area contributed by atoms with Crippen molar-refractivity contribution >= 4 is 15.7 Å². The van der Waals surface area contributed by atoms with Crippen LogP contribution in [0.3, 0.4) is 0 Å². The van der Waals surface area contributed by atoms with Gasteiger partial charge in [0.1, 0.15) is 11.6 Å². The van der Waals surface area contributed by atoms with Crippen molar-refractivity contribution in [2.24, 2.45) is 0 Å². The first-order valence-electron chi connectivity index (χ1n) is 6.51. The number of phenolic OH excluding ortho intramolecular Hbond substituents is 1. The maximum atomic E-state index is 13.2. The van der Waals surface area contributed by atoms with Gasteiger partial charge in [0, 0.05) is 6.07 Å². The van der Waals surface area contributed by atoms with Crippen molar-refractivity contribution in [3.63, 3.8) is 0 Å². The summed E-state index contributed by atoms with van der Waals surface area (Å²) in [6, 6.07) is 2.38. The number of alkyl halides is 6. The molecule has 0 saturated heterocycles. The molecule has 0 saturated carbocycles. The quantitative estimate of drug-likeness (QED) is 0.748. The summed E-state index contributed by atoms with van der Waals surface area (Å²) in [4.78, 5) is -0.967. The van der Waals surface area contributed by atoms with Gasteiger partial charge < -0.3 is 5.11 Å². The Hall–Kier alpha value is -2.50. The van der Waals surface area contributed by atoms with Gasteiger partial charge in [0.15, 0.2) is 0 Å². The molecular weight excluding hydrogens is 395 g/mol. The number of rotatable bonds is 3. The van der Waals surface area contributed by atoms with Crippen LogP contribution < -0.4 is 4.72 Å². The fourth-order valence-electron chi connectivity index (χ4n) is 1.94. The van der Waals surface area contributed by atoms with Crippen LogP contribution in [0.15, 0.2) is 41.3 Å². The van der Waals surface area contributed by atoms with Crippen LogP contribution in [0, 0.1) is 5.82 Å². The van der Waals surface area contributed by atoms with E-state index in [0.29, 0.717) is 30.3 Å². The number of aromatic hydroxyl groups is 1. The largest absolute Gasteiger partial charge is 0.507 e. The van der Waals surface area contributed by atoms with Gasteiger partial charge >= 0.3 is 12.4 Å². The normalized spacial score (nSPS) is 12.9. The third-order valence-electron chi connectivity index (χ3n) is 3.11. The van der Waals surface area contributed by atoms with Crippen molar-refractivity contribution in [1.29, 1.82) is 0 Å². The first-order valence-corrected chi connectivity index (χ1v) is 8.00. The first kappa shape index (κ1) is 19.8. The molecule has 2 aromatic rings. The molecule has 12 heteroatoms. The molecule has 0 unspecified atom stereocenters. The topological polar surface area (TPSA) is 66.4 Å². The third kappa shape index (κ3) is 4.18. The van der Waals surface area contributed by atoms with E-state index >= 15 is 0 Å². The van der Waals surface area contributed by atoms with Gasteiger partial charge in [0.25, 0.3) is 10.0 Å². The lowest BCUT2D eigenvalue weighted by molar-refractivity contribution is -0.140. The molecule has 142 valence electrons. The van der Waals surface area contributed by atoms with Crippen LogP contribution in [-0.2, 0) is 22.4 Å². The van der Waals surface area contributed by atoms with Crippen LogP contribution in [0.25, 0.3) is 0 Å². The van der Waals surface area contributed by atoms with E-state index in [9.17, 15) is 44.3 Å². The Morgan fingerprint density at radius 2 is 1.42 bits per heavy atom. The molecule has 0 aliphatic heterocycles. The number of benzene rings is 2. The van der Waals surface area contributed by atoms with Crippen molar-refractivity contribution in [2.45, 2.75) is 17.2 Å². The zero-order chi connectivity index (χ0) is 19.9. The van der Waals surface area contributed by atoms with Gasteiger partial charge in [-0.05, 0) is 30.3 Å². The Bertz CT molecular complexity index is 937. The third-order valence-corrected chi connectivity index (χ3v) is 4.49. The smallest absolute Gasteiger partial charge is 0.419 e. The molecule has 0 aromatic heterocycles. The van der Waals surface area contributed by atoms with Crippen LogP contribution in [0.1, 0.15) is 11.1 Å². The summed E-state index contributed by atoms with van der Waals surface area (Å²) in [5.74, 6) is -2.98. The molecular formula is C14H8F7NO3S. The molecule has 2 aromatic carbocycles. The van der Waals surface area contributed by atoms with E-state index in [1.165, 1.54) is 0 Å². The summed E-state index contributed by atoms with van der Waals surface area (Å²) in [5.41, 5.74) is -3.79. The minimum Gasteiger partial charge on any atom is -0.507 e. The van der Waals surface area contributed by atoms with Crippen LogP contribution in [0.5, 0.6) is 5.75 Å². The number of hydrogen-bond donors (Lipinski definition) is 2. The monoisotopic (exact) mass is 403 g/mol. The Labute approximate surface area is 141 Å². The average Bonchev–Trinajstić information content (AvgIpc) is 2.44. The van der Waals surface area contributed by atoms with Gasteiger partial charge in [-0.3, -0.25) is 4.72 Å². The molecule has 0 amide bonds. The number of anilines is 1. The first-order chi connectivity index (χ1) is 11.7. The van der Waals surface area contributed by atoms with Crippen LogP contribution in [0.2, 0.25) is 0 Å². The minimum absolute atomic E-state index is 0.0433. The van der Waals surface area contributed by atoms with E-state index in [1.54, 1.807) is 4.72 Å². The second-order valence-corrected chi connectivity index (χ2v) is 6.66.